The lowest BCUT2D eigenvalue weighted by atomic mass is 10.2. The van der Waals surface area contributed by atoms with Gasteiger partial charge in [-0.3, -0.25) is 9.69 Å². The quantitative estimate of drug-likeness (QED) is 0.518. The van der Waals surface area contributed by atoms with E-state index in [1.807, 2.05) is 18.4 Å². The summed E-state index contributed by atoms with van der Waals surface area (Å²) in [6, 6.07) is 2.73. The second-order valence-electron chi connectivity index (χ2n) is 6.23. The molecule has 1 saturated heterocycles. The van der Waals surface area contributed by atoms with Gasteiger partial charge in [-0.05, 0) is 42.9 Å². The highest BCUT2D eigenvalue weighted by atomic mass is 32.2. The number of carboxylic acids is 1. The van der Waals surface area contributed by atoms with Gasteiger partial charge in [-0.15, -0.1) is 0 Å². The van der Waals surface area contributed by atoms with Crippen LogP contribution in [-0.4, -0.2) is 39.1 Å². The molecule has 0 aromatic carbocycles. The zero-order chi connectivity index (χ0) is 18.1. The molecule has 3 atom stereocenters. The number of furan rings is 1. The summed E-state index contributed by atoms with van der Waals surface area (Å²) in [7, 11) is 0. The highest BCUT2D eigenvalue weighted by Gasteiger charge is 2.38. The van der Waals surface area contributed by atoms with Crippen LogP contribution in [0, 0.1) is 5.92 Å². The highest BCUT2D eigenvalue weighted by Crippen LogP contribution is 2.47. The molecule has 8 heteroatoms. The number of nitrogens with zero attached hydrogens (tertiary/aromatic N) is 1. The fraction of sp³-hybridized carbons (Fsp3) is 0.471. The maximum absolute atomic E-state index is 12.6. The van der Waals surface area contributed by atoms with Crippen molar-refractivity contribution < 1.29 is 19.1 Å². The van der Waals surface area contributed by atoms with Crippen LogP contribution in [0.25, 0.3) is 6.08 Å². The smallest absolute Gasteiger partial charge is 0.266 e. The van der Waals surface area contributed by atoms with Crippen LogP contribution < -0.4 is 5.11 Å². The average Bonchev–Trinajstić information content (AvgIpc) is 3.00. The molecule has 1 aromatic rings. The monoisotopic (exact) mass is 396 g/mol. The van der Waals surface area contributed by atoms with E-state index in [-0.39, 0.29) is 4.32 Å². The van der Waals surface area contributed by atoms with Crippen molar-refractivity contribution in [2.24, 2.45) is 5.92 Å². The number of carbonyl (C=O) groups is 2. The molecule has 1 aliphatic carbocycles. The van der Waals surface area contributed by atoms with Gasteiger partial charge >= 0.3 is 0 Å². The minimum Gasteiger partial charge on any atom is -0.548 e. The van der Waals surface area contributed by atoms with Gasteiger partial charge in [-0.2, -0.15) is 11.8 Å². The Bertz CT molecular complexity index is 742. The first-order chi connectivity index (χ1) is 11.9. The normalized spacial score (nSPS) is 25.7. The van der Waals surface area contributed by atoms with Gasteiger partial charge in [0.05, 0.1) is 16.9 Å². The van der Waals surface area contributed by atoms with Crippen LogP contribution in [0.4, 0.5) is 0 Å². The number of amides is 1. The van der Waals surface area contributed by atoms with Gasteiger partial charge in [0.2, 0.25) is 0 Å². The lowest BCUT2D eigenvalue weighted by Gasteiger charge is -2.27. The van der Waals surface area contributed by atoms with E-state index in [0.29, 0.717) is 34.7 Å². The van der Waals surface area contributed by atoms with E-state index in [2.05, 4.69) is 6.92 Å². The van der Waals surface area contributed by atoms with Crippen molar-refractivity contribution >= 4 is 58.0 Å². The van der Waals surface area contributed by atoms with Crippen molar-refractivity contribution in [1.29, 1.82) is 0 Å². The van der Waals surface area contributed by atoms with Crippen molar-refractivity contribution in [3.63, 3.8) is 0 Å². The lowest BCUT2D eigenvalue weighted by Crippen LogP contribution is -2.50. The Morgan fingerprint density at radius 3 is 2.92 bits per heavy atom. The zero-order valence-electron chi connectivity index (χ0n) is 13.9. The first-order valence-electron chi connectivity index (χ1n) is 7.99. The standard InChI is InChI=1S/C17H19NO4S3/c1-9-7-11(9)13-4-3-10(22-13)8-14-15(19)18(17(23)25-14)12(16(20)21)5-6-24-2/h3-4,8-9,11-12H,5-7H2,1-2H3,(H,20,21)/p-1/b14-8-/t9-,11-,12+/m1/s1. The predicted octanol–water partition coefficient (Wildman–Crippen LogP) is 2.48. The Morgan fingerprint density at radius 1 is 1.60 bits per heavy atom. The van der Waals surface area contributed by atoms with E-state index in [9.17, 15) is 14.7 Å². The number of thioether (sulfide) groups is 2. The molecule has 0 N–H and O–H groups in total. The second-order valence-corrected chi connectivity index (χ2v) is 8.89. The first-order valence-corrected chi connectivity index (χ1v) is 10.6. The van der Waals surface area contributed by atoms with Crippen LogP contribution in [0.2, 0.25) is 0 Å². The molecular weight excluding hydrogens is 378 g/mol. The maximum atomic E-state index is 12.6. The first kappa shape index (κ1) is 18.5. The van der Waals surface area contributed by atoms with E-state index in [1.54, 1.807) is 6.08 Å². The van der Waals surface area contributed by atoms with Gasteiger partial charge in [0.25, 0.3) is 5.91 Å². The molecule has 0 bridgehead atoms. The van der Waals surface area contributed by atoms with Crippen molar-refractivity contribution in [3.8, 4) is 0 Å². The summed E-state index contributed by atoms with van der Waals surface area (Å²) >= 11 is 7.84. The van der Waals surface area contributed by atoms with Crippen LogP contribution in [0.15, 0.2) is 21.5 Å². The van der Waals surface area contributed by atoms with Gasteiger partial charge in [0.15, 0.2) is 0 Å². The van der Waals surface area contributed by atoms with Gasteiger partial charge in [-0.25, -0.2) is 0 Å². The van der Waals surface area contributed by atoms with Crippen LogP contribution in [0.5, 0.6) is 0 Å². The molecule has 0 unspecified atom stereocenters. The number of hydrogen-bond donors (Lipinski definition) is 0. The number of carbonyl (C=O) groups excluding carboxylic acids is 2. The summed E-state index contributed by atoms with van der Waals surface area (Å²) in [5, 5.41) is 11.4. The zero-order valence-corrected chi connectivity index (χ0v) is 16.3. The van der Waals surface area contributed by atoms with Gasteiger partial charge < -0.3 is 14.3 Å². The molecule has 2 fully saturated rings. The Morgan fingerprint density at radius 2 is 2.32 bits per heavy atom. The molecule has 1 aliphatic heterocycles. The summed E-state index contributed by atoms with van der Waals surface area (Å²) in [5.41, 5.74) is 0. The molecular formula is C17H18NO4S3-. The molecule has 1 aromatic heterocycles. The average molecular weight is 397 g/mol. The van der Waals surface area contributed by atoms with E-state index >= 15 is 0 Å². The van der Waals surface area contributed by atoms with E-state index in [0.717, 1.165) is 28.8 Å². The summed E-state index contributed by atoms with van der Waals surface area (Å²) < 4.78 is 6.04. The minimum absolute atomic E-state index is 0.245. The Hall–Kier alpha value is -1.25. The third-order valence-electron chi connectivity index (χ3n) is 4.40. The summed E-state index contributed by atoms with van der Waals surface area (Å²) in [6.07, 6.45) is 4.94. The van der Waals surface area contributed by atoms with Crippen molar-refractivity contribution in [2.45, 2.75) is 31.7 Å². The summed E-state index contributed by atoms with van der Waals surface area (Å²) in [5.74, 6) is 1.54. The van der Waals surface area contributed by atoms with Crippen LogP contribution in [0.3, 0.4) is 0 Å². The largest absolute Gasteiger partial charge is 0.548 e. The van der Waals surface area contributed by atoms with Crippen LogP contribution in [0.1, 0.15) is 37.2 Å². The van der Waals surface area contributed by atoms with Gasteiger partial charge in [0.1, 0.15) is 15.8 Å². The van der Waals surface area contributed by atoms with Crippen molar-refractivity contribution in [1.82, 2.24) is 4.90 Å². The fourth-order valence-electron chi connectivity index (χ4n) is 2.82. The third kappa shape index (κ3) is 3.96. The maximum Gasteiger partial charge on any atom is 0.266 e. The summed E-state index contributed by atoms with van der Waals surface area (Å²) in [6.45, 7) is 2.17. The van der Waals surface area contributed by atoms with Crippen LogP contribution >= 0.6 is 35.7 Å². The molecule has 134 valence electrons. The van der Waals surface area contributed by atoms with Crippen molar-refractivity contribution in [3.05, 3.63) is 28.6 Å². The van der Waals surface area contributed by atoms with Crippen molar-refractivity contribution in [2.75, 3.05) is 12.0 Å². The number of aliphatic carboxylic acids is 1. The van der Waals surface area contributed by atoms with E-state index in [1.165, 1.54) is 11.8 Å². The highest BCUT2D eigenvalue weighted by molar-refractivity contribution is 8.26. The number of thiocarbonyl (C=S) groups is 1. The molecule has 1 saturated carbocycles. The second kappa shape index (κ2) is 7.55. The molecule has 5 nitrogen and oxygen atoms in total. The van der Waals surface area contributed by atoms with E-state index in [4.69, 9.17) is 16.6 Å². The molecule has 3 rings (SSSR count). The molecule has 0 radical (unpaired) electrons. The number of carboxylic acid groups (broad SMARTS) is 1. The minimum atomic E-state index is -1.28. The number of rotatable bonds is 7. The van der Waals surface area contributed by atoms with Gasteiger partial charge in [0, 0.05) is 12.0 Å². The molecule has 2 heterocycles. The summed E-state index contributed by atoms with van der Waals surface area (Å²) in [4.78, 5) is 25.6. The van der Waals surface area contributed by atoms with Crippen LogP contribution in [-0.2, 0) is 9.59 Å². The molecule has 2 aliphatic rings. The van der Waals surface area contributed by atoms with E-state index < -0.39 is 17.9 Å². The molecule has 25 heavy (non-hydrogen) atoms. The predicted molar refractivity (Wildman–Crippen MR) is 102 cm³/mol. The SMILES string of the molecule is CSCC[C@@H](C(=O)[O-])N1C(=O)/C(=C/c2ccc([C@@H]3C[C@H]3C)o2)SC1=S. The lowest BCUT2D eigenvalue weighted by molar-refractivity contribution is -0.310. The molecule has 0 spiro atoms. The fourth-order valence-corrected chi connectivity index (χ4v) is 4.62. The van der Waals surface area contributed by atoms with Gasteiger partial charge in [-0.1, -0.05) is 30.9 Å². The number of hydrogen-bond acceptors (Lipinski definition) is 7. The Balaban J connectivity index is 1.77. The third-order valence-corrected chi connectivity index (χ3v) is 6.37. The Labute approximate surface area is 160 Å². The topological polar surface area (TPSA) is 73.6 Å². The Kier molecular flexibility index (Phi) is 5.60. The molecule has 1 amide bonds.